The summed E-state index contributed by atoms with van der Waals surface area (Å²) in [6.07, 6.45) is 3.68. The number of nitrogens with one attached hydrogen (secondary N) is 1. The first-order valence-electron chi connectivity index (χ1n) is 6.67. The van der Waals surface area contributed by atoms with E-state index in [0.29, 0.717) is 12.6 Å². The largest absolute Gasteiger partial charge is 0.354 e. The quantitative estimate of drug-likeness (QED) is 0.895. The molecule has 1 aliphatic rings. The second-order valence-corrected chi connectivity index (χ2v) is 5.34. The Kier molecular flexibility index (Phi) is 4.17. The summed E-state index contributed by atoms with van der Waals surface area (Å²) >= 11 is 0. The van der Waals surface area contributed by atoms with Crippen molar-refractivity contribution in [3.8, 4) is 0 Å². The lowest BCUT2D eigenvalue weighted by molar-refractivity contribution is 0.375. The van der Waals surface area contributed by atoms with Crippen molar-refractivity contribution in [2.75, 3.05) is 18.5 Å². The average Bonchev–Trinajstić information content (AvgIpc) is 2.31. The van der Waals surface area contributed by atoms with Crippen LogP contribution in [0.1, 0.15) is 32.3 Å². The summed E-state index contributed by atoms with van der Waals surface area (Å²) < 4.78 is 13.3. The first kappa shape index (κ1) is 13.3. The zero-order valence-corrected chi connectivity index (χ0v) is 11.4. The number of hydrogen-bond acceptors (Lipinski definition) is 3. The van der Waals surface area contributed by atoms with Gasteiger partial charge in [0.05, 0.1) is 6.20 Å². The van der Waals surface area contributed by atoms with Crippen LogP contribution in [-0.2, 0) is 6.54 Å². The molecule has 1 fully saturated rings. The predicted molar refractivity (Wildman–Crippen MR) is 72.2 cm³/mol. The molecule has 100 valence electrons. The van der Waals surface area contributed by atoms with Crippen LogP contribution in [0.5, 0.6) is 0 Å². The molecule has 2 unspecified atom stereocenters. The first-order chi connectivity index (χ1) is 8.61. The van der Waals surface area contributed by atoms with Crippen LogP contribution in [0.3, 0.4) is 0 Å². The maximum atomic E-state index is 13.3. The number of aromatic nitrogens is 1. The van der Waals surface area contributed by atoms with Crippen molar-refractivity contribution in [3.05, 3.63) is 23.6 Å². The van der Waals surface area contributed by atoms with Crippen molar-refractivity contribution in [3.63, 3.8) is 0 Å². The van der Waals surface area contributed by atoms with Gasteiger partial charge in [0.2, 0.25) is 0 Å². The number of rotatable bonds is 3. The fraction of sp³-hybridized carbons (Fsp3) is 0.643. The monoisotopic (exact) mass is 251 g/mol. The Hall–Kier alpha value is -1.16. The van der Waals surface area contributed by atoms with E-state index in [4.69, 9.17) is 0 Å². The minimum atomic E-state index is -0.262. The fourth-order valence-electron chi connectivity index (χ4n) is 2.78. The molecule has 18 heavy (non-hydrogen) atoms. The highest BCUT2D eigenvalue weighted by molar-refractivity contribution is 5.48. The molecule has 0 amide bonds. The summed E-state index contributed by atoms with van der Waals surface area (Å²) in [5, 5.41) is 3.08. The minimum absolute atomic E-state index is 0.262. The number of anilines is 1. The van der Waals surface area contributed by atoms with E-state index in [1.807, 2.05) is 7.05 Å². The molecule has 1 aromatic rings. The van der Waals surface area contributed by atoms with Crippen molar-refractivity contribution >= 4 is 5.82 Å². The Labute approximate surface area is 108 Å². The lowest BCUT2D eigenvalue weighted by Gasteiger charge is -2.38. The molecule has 0 radical (unpaired) electrons. The van der Waals surface area contributed by atoms with Gasteiger partial charge < -0.3 is 10.2 Å². The predicted octanol–water partition coefficient (Wildman–Crippen LogP) is 2.56. The Morgan fingerprint density at radius 2 is 2.28 bits per heavy atom. The second kappa shape index (κ2) is 5.65. The van der Waals surface area contributed by atoms with E-state index < -0.39 is 0 Å². The number of nitrogens with zero attached hydrogens (tertiary/aromatic N) is 2. The summed E-state index contributed by atoms with van der Waals surface area (Å²) in [5.41, 5.74) is 0.943. The number of piperidine rings is 1. The highest BCUT2D eigenvalue weighted by Crippen LogP contribution is 2.28. The van der Waals surface area contributed by atoms with E-state index in [-0.39, 0.29) is 5.82 Å². The topological polar surface area (TPSA) is 28.2 Å². The first-order valence-corrected chi connectivity index (χ1v) is 6.67. The van der Waals surface area contributed by atoms with Crippen molar-refractivity contribution in [2.24, 2.45) is 5.92 Å². The molecule has 0 spiro atoms. The van der Waals surface area contributed by atoms with Crippen molar-refractivity contribution < 1.29 is 4.39 Å². The van der Waals surface area contributed by atoms with E-state index in [0.717, 1.165) is 23.8 Å². The summed E-state index contributed by atoms with van der Waals surface area (Å²) in [4.78, 5) is 6.62. The Bertz CT molecular complexity index is 408. The highest BCUT2D eigenvalue weighted by atomic mass is 19.1. The van der Waals surface area contributed by atoms with Gasteiger partial charge >= 0.3 is 0 Å². The van der Waals surface area contributed by atoms with E-state index >= 15 is 0 Å². The van der Waals surface area contributed by atoms with Crippen LogP contribution >= 0.6 is 0 Å². The summed E-state index contributed by atoms with van der Waals surface area (Å²) in [6, 6.07) is 2.06. The molecule has 1 aromatic heterocycles. The number of halogens is 1. The summed E-state index contributed by atoms with van der Waals surface area (Å²) in [7, 11) is 1.87. The van der Waals surface area contributed by atoms with Crippen LogP contribution in [0.15, 0.2) is 12.3 Å². The molecule has 2 rings (SSSR count). The van der Waals surface area contributed by atoms with Gasteiger partial charge in [0.15, 0.2) is 0 Å². The molecule has 3 nitrogen and oxygen atoms in total. The van der Waals surface area contributed by atoms with Gasteiger partial charge in [-0.05, 0) is 38.8 Å². The van der Waals surface area contributed by atoms with Gasteiger partial charge in [0.1, 0.15) is 11.6 Å². The van der Waals surface area contributed by atoms with E-state index in [1.165, 1.54) is 19.0 Å². The lowest BCUT2D eigenvalue weighted by Crippen LogP contribution is -2.41. The Balaban J connectivity index is 2.26. The standard InChI is InChI=1S/C14H22FN3/c1-10-4-5-18(11(2)6-10)14-12(8-16-3)7-13(15)9-17-14/h7,9-11,16H,4-6,8H2,1-3H3. The maximum absolute atomic E-state index is 13.3. The van der Waals surface area contributed by atoms with Crippen LogP contribution in [0.2, 0.25) is 0 Å². The zero-order chi connectivity index (χ0) is 13.1. The molecule has 0 saturated carbocycles. The van der Waals surface area contributed by atoms with Crippen LogP contribution in [-0.4, -0.2) is 24.6 Å². The third kappa shape index (κ3) is 2.80. The van der Waals surface area contributed by atoms with Crippen LogP contribution < -0.4 is 10.2 Å². The lowest BCUT2D eigenvalue weighted by atomic mass is 9.93. The molecule has 0 aromatic carbocycles. The average molecular weight is 251 g/mol. The van der Waals surface area contributed by atoms with Crippen LogP contribution in [0.25, 0.3) is 0 Å². The molecule has 2 atom stereocenters. The van der Waals surface area contributed by atoms with E-state index in [9.17, 15) is 4.39 Å². The minimum Gasteiger partial charge on any atom is -0.354 e. The van der Waals surface area contributed by atoms with Crippen molar-refractivity contribution in [2.45, 2.75) is 39.3 Å². The van der Waals surface area contributed by atoms with Gasteiger partial charge in [-0.25, -0.2) is 9.37 Å². The fourth-order valence-corrected chi connectivity index (χ4v) is 2.78. The Morgan fingerprint density at radius 3 is 2.94 bits per heavy atom. The summed E-state index contributed by atoms with van der Waals surface area (Å²) in [5.74, 6) is 1.44. The normalized spacial score (nSPS) is 24.3. The molecule has 4 heteroatoms. The van der Waals surface area contributed by atoms with Crippen LogP contribution in [0.4, 0.5) is 10.2 Å². The van der Waals surface area contributed by atoms with Gasteiger partial charge in [-0.2, -0.15) is 0 Å². The van der Waals surface area contributed by atoms with E-state index in [2.05, 4.69) is 29.0 Å². The van der Waals surface area contributed by atoms with Crippen LogP contribution in [0, 0.1) is 11.7 Å². The number of hydrogen-bond donors (Lipinski definition) is 1. The smallest absolute Gasteiger partial charge is 0.141 e. The van der Waals surface area contributed by atoms with Gasteiger partial charge in [-0.1, -0.05) is 6.92 Å². The van der Waals surface area contributed by atoms with Gasteiger partial charge in [-0.15, -0.1) is 0 Å². The summed E-state index contributed by atoms with van der Waals surface area (Å²) in [6.45, 7) is 6.18. The molecular formula is C14H22FN3. The maximum Gasteiger partial charge on any atom is 0.141 e. The molecule has 0 aliphatic carbocycles. The molecular weight excluding hydrogens is 229 g/mol. The van der Waals surface area contributed by atoms with Gasteiger partial charge in [0, 0.05) is 24.7 Å². The zero-order valence-electron chi connectivity index (χ0n) is 11.4. The highest BCUT2D eigenvalue weighted by Gasteiger charge is 2.25. The van der Waals surface area contributed by atoms with E-state index in [1.54, 1.807) is 6.07 Å². The SMILES string of the molecule is CNCc1cc(F)cnc1N1CCC(C)CC1C. The third-order valence-electron chi connectivity index (χ3n) is 3.69. The Morgan fingerprint density at radius 1 is 1.50 bits per heavy atom. The van der Waals surface area contributed by atoms with Crippen molar-refractivity contribution in [1.29, 1.82) is 0 Å². The molecule has 1 aliphatic heterocycles. The molecule has 0 bridgehead atoms. The van der Waals surface area contributed by atoms with Gasteiger partial charge in [0.25, 0.3) is 0 Å². The molecule has 2 heterocycles. The van der Waals surface area contributed by atoms with Gasteiger partial charge in [-0.3, -0.25) is 0 Å². The number of pyridine rings is 1. The van der Waals surface area contributed by atoms with Crippen molar-refractivity contribution in [1.82, 2.24) is 10.3 Å². The third-order valence-corrected chi connectivity index (χ3v) is 3.69. The molecule has 1 N–H and O–H groups in total. The molecule has 1 saturated heterocycles. The second-order valence-electron chi connectivity index (χ2n) is 5.34.